The van der Waals surface area contributed by atoms with Crippen LogP contribution in [0.1, 0.15) is 65.7 Å². The molecule has 1 saturated heterocycles. The Morgan fingerprint density at radius 2 is 1.89 bits per heavy atom. The SMILES string of the molecule is CCNCC1CCN(C(=O)c2cc(C3CC3)nc3c(C)cc(C)cc23)CC1. The Kier molecular flexibility index (Phi) is 5.18. The van der Waals surface area contributed by atoms with E-state index in [1.165, 1.54) is 24.0 Å². The van der Waals surface area contributed by atoms with E-state index in [0.717, 1.165) is 61.2 Å². The molecule has 1 aromatic carbocycles. The van der Waals surface area contributed by atoms with E-state index in [2.05, 4.69) is 49.2 Å². The molecule has 0 atom stereocenters. The van der Waals surface area contributed by atoms with Gasteiger partial charge in [0.2, 0.25) is 0 Å². The minimum absolute atomic E-state index is 0.191. The molecule has 2 aromatic rings. The molecule has 0 spiro atoms. The van der Waals surface area contributed by atoms with E-state index in [4.69, 9.17) is 4.98 Å². The molecule has 2 fully saturated rings. The zero-order valence-electron chi connectivity index (χ0n) is 16.8. The van der Waals surface area contributed by atoms with Gasteiger partial charge in [0.25, 0.3) is 5.91 Å². The van der Waals surface area contributed by atoms with Crippen LogP contribution in [0.5, 0.6) is 0 Å². The molecule has 27 heavy (non-hydrogen) atoms. The van der Waals surface area contributed by atoms with Crippen molar-refractivity contribution < 1.29 is 4.79 Å². The molecule has 4 heteroatoms. The Morgan fingerprint density at radius 1 is 1.15 bits per heavy atom. The summed E-state index contributed by atoms with van der Waals surface area (Å²) in [5, 5.41) is 4.47. The van der Waals surface area contributed by atoms with Crippen molar-refractivity contribution in [1.29, 1.82) is 0 Å². The zero-order valence-corrected chi connectivity index (χ0v) is 16.8. The molecule has 4 nitrogen and oxygen atoms in total. The predicted molar refractivity (Wildman–Crippen MR) is 110 cm³/mol. The van der Waals surface area contributed by atoms with Gasteiger partial charge in [-0.1, -0.05) is 18.6 Å². The minimum Gasteiger partial charge on any atom is -0.339 e. The number of carbonyl (C=O) groups is 1. The quantitative estimate of drug-likeness (QED) is 0.864. The van der Waals surface area contributed by atoms with Crippen molar-refractivity contribution in [3.05, 3.63) is 40.6 Å². The number of aromatic nitrogens is 1. The highest BCUT2D eigenvalue weighted by molar-refractivity contribution is 6.07. The van der Waals surface area contributed by atoms with Crippen LogP contribution in [0.2, 0.25) is 0 Å². The fraction of sp³-hybridized carbons (Fsp3) is 0.565. The molecular weight excluding hydrogens is 334 g/mol. The van der Waals surface area contributed by atoms with Crippen LogP contribution in [-0.2, 0) is 0 Å². The number of rotatable bonds is 5. The van der Waals surface area contributed by atoms with Crippen LogP contribution in [0.3, 0.4) is 0 Å². The summed E-state index contributed by atoms with van der Waals surface area (Å²) in [5.74, 6) is 1.43. The molecule has 1 saturated carbocycles. The lowest BCUT2D eigenvalue weighted by atomic mass is 9.95. The summed E-state index contributed by atoms with van der Waals surface area (Å²) in [4.78, 5) is 20.4. The van der Waals surface area contributed by atoms with Crippen molar-refractivity contribution in [3.8, 4) is 0 Å². The van der Waals surface area contributed by atoms with Crippen molar-refractivity contribution >= 4 is 16.8 Å². The van der Waals surface area contributed by atoms with Gasteiger partial charge >= 0.3 is 0 Å². The van der Waals surface area contributed by atoms with E-state index < -0.39 is 0 Å². The van der Waals surface area contributed by atoms with E-state index in [-0.39, 0.29) is 5.91 Å². The first kappa shape index (κ1) is 18.4. The topological polar surface area (TPSA) is 45.2 Å². The largest absolute Gasteiger partial charge is 0.339 e. The van der Waals surface area contributed by atoms with E-state index in [1.54, 1.807) is 0 Å². The molecule has 4 rings (SSSR count). The standard InChI is InChI=1S/C23H31N3O/c1-4-24-14-17-7-9-26(10-8-17)23(27)20-13-21(18-5-6-18)25-22-16(3)11-15(2)12-19(20)22/h11-13,17-18,24H,4-10,14H2,1-3H3. The van der Waals surface area contributed by atoms with E-state index in [9.17, 15) is 4.79 Å². The van der Waals surface area contributed by atoms with E-state index in [1.807, 2.05) is 0 Å². The first-order chi connectivity index (χ1) is 13.1. The Balaban J connectivity index is 1.63. The fourth-order valence-electron chi connectivity index (χ4n) is 4.32. The number of aryl methyl sites for hydroxylation is 2. The Hall–Kier alpha value is -1.94. The third-order valence-electron chi connectivity index (χ3n) is 6.08. The normalized spacial score (nSPS) is 18.3. The Labute approximate surface area is 162 Å². The van der Waals surface area contributed by atoms with Crippen LogP contribution in [0.25, 0.3) is 10.9 Å². The second-order valence-corrected chi connectivity index (χ2v) is 8.39. The van der Waals surface area contributed by atoms with Gasteiger partial charge < -0.3 is 10.2 Å². The number of piperidine rings is 1. The number of likely N-dealkylation sites (tertiary alicyclic amines) is 1. The summed E-state index contributed by atoms with van der Waals surface area (Å²) in [6.07, 6.45) is 4.59. The molecule has 2 aliphatic rings. The predicted octanol–water partition coefficient (Wildman–Crippen LogP) is 4.19. The molecule has 1 N–H and O–H groups in total. The molecule has 1 aromatic heterocycles. The highest BCUT2D eigenvalue weighted by atomic mass is 16.2. The molecule has 2 heterocycles. The van der Waals surface area contributed by atoms with Gasteiger partial charge in [0, 0.05) is 30.1 Å². The monoisotopic (exact) mass is 365 g/mol. The van der Waals surface area contributed by atoms with Gasteiger partial charge in [-0.05, 0) is 76.2 Å². The summed E-state index contributed by atoms with van der Waals surface area (Å²) in [5.41, 5.74) is 5.35. The third kappa shape index (κ3) is 3.86. The van der Waals surface area contributed by atoms with Gasteiger partial charge in [-0.15, -0.1) is 0 Å². The smallest absolute Gasteiger partial charge is 0.254 e. The molecule has 1 aliphatic carbocycles. The maximum atomic E-state index is 13.4. The number of nitrogens with zero attached hydrogens (tertiary/aromatic N) is 2. The van der Waals surface area contributed by atoms with E-state index in [0.29, 0.717) is 11.8 Å². The van der Waals surface area contributed by atoms with Gasteiger partial charge in [-0.3, -0.25) is 9.78 Å². The van der Waals surface area contributed by atoms with Crippen LogP contribution in [0, 0.1) is 19.8 Å². The highest BCUT2D eigenvalue weighted by Gasteiger charge is 2.29. The highest BCUT2D eigenvalue weighted by Crippen LogP contribution is 2.41. The summed E-state index contributed by atoms with van der Waals surface area (Å²) < 4.78 is 0. The van der Waals surface area contributed by atoms with Gasteiger partial charge in [0.15, 0.2) is 0 Å². The second-order valence-electron chi connectivity index (χ2n) is 8.39. The van der Waals surface area contributed by atoms with Crippen LogP contribution in [0.4, 0.5) is 0 Å². The molecule has 0 radical (unpaired) electrons. The summed E-state index contributed by atoms with van der Waals surface area (Å²) in [6, 6.07) is 6.40. The maximum absolute atomic E-state index is 13.4. The van der Waals surface area contributed by atoms with Crippen LogP contribution >= 0.6 is 0 Å². The number of amides is 1. The minimum atomic E-state index is 0.191. The second kappa shape index (κ2) is 7.59. The van der Waals surface area contributed by atoms with Crippen LogP contribution in [0.15, 0.2) is 18.2 Å². The number of fused-ring (bicyclic) bond motifs is 1. The lowest BCUT2D eigenvalue weighted by Gasteiger charge is -2.32. The lowest BCUT2D eigenvalue weighted by molar-refractivity contribution is 0.0692. The van der Waals surface area contributed by atoms with Crippen molar-refractivity contribution in [2.24, 2.45) is 5.92 Å². The fourth-order valence-corrected chi connectivity index (χ4v) is 4.32. The molecule has 0 unspecified atom stereocenters. The van der Waals surface area contributed by atoms with Gasteiger partial charge in [-0.25, -0.2) is 0 Å². The number of carbonyl (C=O) groups excluding carboxylic acids is 1. The molecular formula is C23H31N3O. The number of hydrogen-bond donors (Lipinski definition) is 1. The third-order valence-corrected chi connectivity index (χ3v) is 6.08. The average Bonchev–Trinajstić information content (AvgIpc) is 3.51. The molecule has 1 amide bonds. The molecule has 144 valence electrons. The van der Waals surface area contributed by atoms with Crippen molar-refractivity contribution in [3.63, 3.8) is 0 Å². The van der Waals surface area contributed by atoms with Crippen molar-refractivity contribution in [2.75, 3.05) is 26.2 Å². The number of pyridine rings is 1. The van der Waals surface area contributed by atoms with Crippen LogP contribution in [-0.4, -0.2) is 42.0 Å². The zero-order chi connectivity index (χ0) is 19.0. The molecule has 1 aliphatic heterocycles. The first-order valence-electron chi connectivity index (χ1n) is 10.5. The van der Waals surface area contributed by atoms with E-state index >= 15 is 0 Å². The van der Waals surface area contributed by atoms with Gasteiger partial charge in [0.05, 0.1) is 11.1 Å². The Morgan fingerprint density at radius 3 is 2.56 bits per heavy atom. The first-order valence-corrected chi connectivity index (χ1v) is 10.5. The van der Waals surface area contributed by atoms with Crippen molar-refractivity contribution in [2.45, 2.75) is 52.4 Å². The summed E-state index contributed by atoms with van der Waals surface area (Å²) in [7, 11) is 0. The summed E-state index contributed by atoms with van der Waals surface area (Å²) in [6.45, 7) is 10.2. The molecule has 0 bridgehead atoms. The number of benzene rings is 1. The Bertz CT molecular complexity index is 848. The van der Waals surface area contributed by atoms with Gasteiger partial charge in [-0.2, -0.15) is 0 Å². The van der Waals surface area contributed by atoms with Crippen molar-refractivity contribution in [1.82, 2.24) is 15.2 Å². The van der Waals surface area contributed by atoms with Crippen LogP contribution < -0.4 is 5.32 Å². The van der Waals surface area contributed by atoms with Gasteiger partial charge in [0.1, 0.15) is 0 Å². The number of hydrogen-bond acceptors (Lipinski definition) is 3. The lowest BCUT2D eigenvalue weighted by Crippen LogP contribution is -2.40. The summed E-state index contributed by atoms with van der Waals surface area (Å²) >= 11 is 0. The average molecular weight is 366 g/mol. The maximum Gasteiger partial charge on any atom is 0.254 e. The number of nitrogens with one attached hydrogen (secondary N) is 1.